The Labute approximate surface area is 97.7 Å². The average molecular weight is 223 g/mol. The minimum Gasteiger partial charge on any atom is -0.384 e. The molecule has 0 fully saturated rings. The number of hydrogen-bond donors (Lipinski definition) is 1. The lowest BCUT2D eigenvalue weighted by molar-refractivity contribution is 0.443. The zero-order chi connectivity index (χ0) is 11.3. The molecule has 0 radical (unpaired) electrons. The van der Waals surface area contributed by atoms with Gasteiger partial charge in [0.2, 0.25) is 0 Å². The summed E-state index contributed by atoms with van der Waals surface area (Å²) >= 11 is 1.89. The van der Waals surface area contributed by atoms with Crippen LogP contribution in [-0.2, 0) is 0 Å². The fraction of sp³-hybridized carbons (Fsp3) is 0.538. The van der Waals surface area contributed by atoms with Crippen molar-refractivity contribution in [3.05, 3.63) is 24.3 Å². The van der Waals surface area contributed by atoms with Gasteiger partial charge in [-0.3, -0.25) is 0 Å². The number of nitrogens with one attached hydrogen (secondary N) is 1. The molecular formula is C13H21NS. The van der Waals surface area contributed by atoms with E-state index in [1.807, 2.05) is 11.8 Å². The molecule has 84 valence electrons. The summed E-state index contributed by atoms with van der Waals surface area (Å²) in [5, 5.41) is 3.52. The van der Waals surface area contributed by atoms with Crippen molar-refractivity contribution < 1.29 is 0 Å². The van der Waals surface area contributed by atoms with E-state index < -0.39 is 0 Å². The van der Waals surface area contributed by atoms with Gasteiger partial charge in [0, 0.05) is 17.1 Å². The zero-order valence-corrected chi connectivity index (χ0v) is 10.9. The minimum absolute atomic E-state index is 0.323. The Hall–Kier alpha value is -0.630. The lowest BCUT2D eigenvalue weighted by Crippen LogP contribution is -2.19. The second kappa shape index (κ2) is 5.45. The summed E-state index contributed by atoms with van der Waals surface area (Å²) in [5.41, 5.74) is 1.59. The number of hydrogen-bond acceptors (Lipinski definition) is 2. The van der Waals surface area contributed by atoms with Crippen molar-refractivity contribution in [2.45, 2.75) is 32.6 Å². The Bertz CT molecular complexity index is 302. The van der Waals surface area contributed by atoms with Crippen LogP contribution >= 0.6 is 11.8 Å². The molecule has 0 aromatic heterocycles. The number of anilines is 1. The van der Waals surface area contributed by atoms with Gasteiger partial charge in [-0.2, -0.15) is 0 Å². The summed E-state index contributed by atoms with van der Waals surface area (Å²) in [6.45, 7) is 9.93. The second-order valence-electron chi connectivity index (χ2n) is 4.84. The third kappa shape index (κ3) is 4.61. The average Bonchev–Trinajstić information content (AvgIpc) is 2.16. The molecule has 1 aromatic carbocycles. The van der Waals surface area contributed by atoms with Gasteiger partial charge in [0.1, 0.15) is 0 Å². The molecule has 0 bridgehead atoms. The Morgan fingerprint density at radius 2 is 1.87 bits per heavy atom. The summed E-state index contributed by atoms with van der Waals surface area (Å²) in [6.07, 6.45) is 0. The molecule has 1 nitrogen and oxygen atoms in total. The largest absolute Gasteiger partial charge is 0.384 e. The van der Waals surface area contributed by atoms with Crippen LogP contribution in [-0.4, -0.2) is 12.3 Å². The van der Waals surface area contributed by atoms with Crippen LogP contribution in [0.3, 0.4) is 0 Å². The Morgan fingerprint density at radius 3 is 2.47 bits per heavy atom. The minimum atomic E-state index is 0.323. The molecule has 0 aliphatic carbocycles. The molecule has 0 saturated heterocycles. The standard InChI is InChI=1S/C13H21NS/c1-5-15-12-9-7-6-8-11(12)14-10-13(2,3)4/h6-9,14H,5,10H2,1-4H3. The molecule has 2 heteroatoms. The van der Waals surface area contributed by atoms with Gasteiger partial charge >= 0.3 is 0 Å². The van der Waals surface area contributed by atoms with Crippen LogP contribution in [0.4, 0.5) is 5.69 Å². The van der Waals surface area contributed by atoms with Crippen LogP contribution in [0.2, 0.25) is 0 Å². The molecule has 0 aliphatic rings. The summed E-state index contributed by atoms with van der Waals surface area (Å²) in [4.78, 5) is 1.35. The molecular weight excluding hydrogens is 202 g/mol. The maximum absolute atomic E-state index is 3.52. The molecule has 1 N–H and O–H groups in total. The van der Waals surface area contributed by atoms with E-state index in [1.54, 1.807) is 0 Å². The van der Waals surface area contributed by atoms with Gasteiger partial charge in [-0.25, -0.2) is 0 Å². The molecule has 0 spiro atoms. The molecule has 0 atom stereocenters. The number of para-hydroxylation sites is 1. The first-order valence-electron chi connectivity index (χ1n) is 5.48. The maximum atomic E-state index is 3.52. The summed E-state index contributed by atoms with van der Waals surface area (Å²) < 4.78 is 0. The number of rotatable bonds is 4. The van der Waals surface area contributed by atoms with Crippen LogP contribution < -0.4 is 5.32 Å². The highest BCUT2D eigenvalue weighted by Crippen LogP contribution is 2.27. The first-order valence-corrected chi connectivity index (χ1v) is 6.47. The molecule has 15 heavy (non-hydrogen) atoms. The van der Waals surface area contributed by atoms with E-state index in [4.69, 9.17) is 0 Å². The summed E-state index contributed by atoms with van der Waals surface area (Å²) in [6, 6.07) is 8.52. The van der Waals surface area contributed by atoms with Crippen molar-refractivity contribution in [2.24, 2.45) is 5.41 Å². The van der Waals surface area contributed by atoms with Gasteiger partial charge in [-0.1, -0.05) is 39.8 Å². The van der Waals surface area contributed by atoms with Gasteiger partial charge < -0.3 is 5.32 Å². The lowest BCUT2D eigenvalue weighted by Gasteiger charge is -2.20. The summed E-state index contributed by atoms with van der Waals surface area (Å²) in [7, 11) is 0. The quantitative estimate of drug-likeness (QED) is 0.766. The predicted octanol–water partition coefficient (Wildman–Crippen LogP) is 4.26. The first kappa shape index (κ1) is 12.4. The topological polar surface area (TPSA) is 12.0 Å². The Morgan fingerprint density at radius 1 is 1.20 bits per heavy atom. The highest BCUT2D eigenvalue weighted by molar-refractivity contribution is 7.99. The second-order valence-corrected chi connectivity index (χ2v) is 6.15. The van der Waals surface area contributed by atoms with Crippen molar-refractivity contribution >= 4 is 17.4 Å². The molecule has 1 rings (SSSR count). The molecule has 0 unspecified atom stereocenters. The smallest absolute Gasteiger partial charge is 0.0478 e. The zero-order valence-electron chi connectivity index (χ0n) is 10.1. The highest BCUT2D eigenvalue weighted by Gasteiger charge is 2.10. The fourth-order valence-electron chi connectivity index (χ4n) is 1.25. The van der Waals surface area contributed by atoms with Crippen molar-refractivity contribution in [1.82, 2.24) is 0 Å². The SMILES string of the molecule is CCSc1ccccc1NCC(C)(C)C. The van der Waals surface area contributed by atoms with Crippen LogP contribution in [0.5, 0.6) is 0 Å². The normalized spacial score (nSPS) is 11.5. The van der Waals surface area contributed by atoms with Crippen molar-refractivity contribution in [2.75, 3.05) is 17.6 Å². The van der Waals surface area contributed by atoms with E-state index in [9.17, 15) is 0 Å². The highest BCUT2D eigenvalue weighted by atomic mass is 32.2. The van der Waals surface area contributed by atoms with Crippen molar-refractivity contribution in [3.8, 4) is 0 Å². The molecule has 0 saturated carbocycles. The van der Waals surface area contributed by atoms with E-state index in [0.29, 0.717) is 5.41 Å². The molecule has 0 aliphatic heterocycles. The third-order valence-electron chi connectivity index (χ3n) is 2.00. The van der Waals surface area contributed by atoms with Crippen LogP contribution in [0.15, 0.2) is 29.2 Å². The van der Waals surface area contributed by atoms with Crippen LogP contribution in [0.1, 0.15) is 27.7 Å². The lowest BCUT2D eigenvalue weighted by atomic mass is 9.97. The van der Waals surface area contributed by atoms with Gasteiger partial charge in [0.05, 0.1) is 0 Å². The van der Waals surface area contributed by atoms with Gasteiger partial charge in [0.15, 0.2) is 0 Å². The van der Waals surface area contributed by atoms with E-state index in [2.05, 4.69) is 57.3 Å². The molecule has 0 amide bonds. The van der Waals surface area contributed by atoms with E-state index >= 15 is 0 Å². The van der Waals surface area contributed by atoms with Crippen molar-refractivity contribution in [3.63, 3.8) is 0 Å². The van der Waals surface area contributed by atoms with Crippen LogP contribution in [0.25, 0.3) is 0 Å². The number of thioether (sulfide) groups is 1. The first-order chi connectivity index (χ1) is 7.03. The molecule has 0 heterocycles. The van der Waals surface area contributed by atoms with E-state index in [1.165, 1.54) is 10.6 Å². The molecule has 1 aromatic rings. The monoisotopic (exact) mass is 223 g/mol. The van der Waals surface area contributed by atoms with Gasteiger partial charge in [-0.15, -0.1) is 11.8 Å². The van der Waals surface area contributed by atoms with Gasteiger partial charge in [0.25, 0.3) is 0 Å². The third-order valence-corrected chi connectivity index (χ3v) is 2.95. The van der Waals surface area contributed by atoms with E-state index in [-0.39, 0.29) is 0 Å². The Balaban J connectivity index is 2.67. The predicted molar refractivity (Wildman–Crippen MR) is 70.8 cm³/mol. The Kier molecular flexibility index (Phi) is 4.52. The van der Waals surface area contributed by atoms with Crippen molar-refractivity contribution in [1.29, 1.82) is 0 Å². The van der Waals surface area contributed by atoms with Crippen LogP contribution in [0, 0.1) is 5.41 Å². The fourth-order valence-corrected chi connectivity index (χ4v) is 2.04. The van der Waals surface area contributed by atoms with E-state index in [0.717, 1.165) is 12.3 Å². The summed E-state index contributed by atoms with van der Waals surface area (Å²) in [5.74, 6) is 1.12. The number of benzene rings is 1. The maximum Gasteiger partial charge on any atom is 0.0478 e. The van der Waals surface area contributed by atoms with Gasteiger partial charge in [-0.05, 0) is 23.3 Å².